The predicted molar refractivity (Wildman–Crippen MR) is 181 cm³/mol. The summed E-state index contributed by atoms with van der Waals surface area (Å²) in [5.41, 5.74) is 11.5. The summed E-state index contributed by atoms with van der Waals surface area (Å²) in [5, 5.41) is 9.07. The number of hydrogen-bond acceptors (Lipinski definition) is 10. The van der Waals surface area contributed by atoms with Gasteiger partial charge in [-0.3, -0.25) is 0 Å². The zero-order valence-electron chi connectivity index (χ0n) is 27.5. The number of hydrogen-bond donors (Lipinski definition) is 2. The van der Waals surface area contributed by atoms with Crippen LogP contribution in [0.4, 0.5) is 22.3 Å². The van der Waals surface area contributed by atoms with E-state index in [0.717, 1.165) is 64.7 Å². The number of nitrogen functional groups attached to an aromatic ring is 1. The summed E-state index contributed by atoms with van der Waals surface area (Å²) in [6.07, 6.45) is 7.54. The summed E-state index contributed by atoms with van der Waals surface area (Å²) < 4.78 is 20.0. The molecule has 0 spiro atoms. The van der Waals surface area contributed by atoms with E-state index in [1.54, 1.807) is 4.90 Å². The highest BCUT2D eigenvalue weighted by molar-refractivity contribution is 5.98. The first-order valence-corrected chi connectivity index (χ1v) is 16.5. The normalized spacial score (nSPS) is 16.3. The maximum absolute atomic E-state index is 12.4. The van der Waals surface area contributed by atoms with Gasteiger partial charge in [0, 0.05) is 24.3 Å². The number of likely N-dealkylation sites (tertiary alicyclic amines) is 1. The topological polar surface area (TPSA) is 146 Å². The Bertz CT molecular complexity index is 1900. The summed E-state index contributed by atoms with van der Waals surface area (Å²) in [6.45, 7) is 9.52. The van der Waals surface area contributed by atoms with Crippen molar-refractivity contribution in [3.05, 3.63) is 48.3 Å². The number of nitrogens with two attached hydrogens (primary N) is 1. The van der Waals surface area contributed by atoms with Crippen LogP contribution in [0.3, 0.4) is 0 Å². The summed E-state index contributed by atoms with van der Waals surface area (Å²) >= 11 is 0. The van der Waals surface area contributed by atoms with E-state index in [9.17, 15) is 4.79 Å². The Morgan fingerprint density at radius 2 is 1.81 bits per heavy atom. The molecule has 0 radical (unpaired) electrons. The molecule has 3 N–H and O–H groups in total. The lowest BCUT2D eigenvalue weighted by atomic mass is 9.98. The van der Waals surface area contributed by atoms with Crippen LogP contribution in [0, 0.1) is 12.8 Å². The highest BCUT2D eigenvalue weighted by atomic mass is 16.6. The van der Waals surface area contributed by atoms with Crippen LogP contribution in [0.5, 0.6) is 5.75 Å². The Morgan fingerprint density at radius 1 is 1.06 bits per heavy atom. The summed E-state index contributed by atoms with van der Waals surface area (Å²) in [4.78, 5) is 27.7. The number of aromatic nitrogens is 5. The quantitative estimate of drug-likeness (QED) is 0.185. The zero-order chi connectivity index (χ0) is 32.7. The summed E-state index contributed by atoms with van der Waals surface area (Å²) in [7, 11) is 0. The van der Waals surface area contributed by atoms with Gasteiger partial charge in [-0.2, -0.15) is 10.1 Å². The van der Waals surface area contributed by atoms with E-state index in [0.29, 0.717) is 54.8 Å². The standard InChI is InChI=1S/C35H42N8O4/c1-21-17-26-30(27(18-21)45-19-22-13-15-42(16-14-22)34(44)47-35(2,3)4)46-33(40-26)39-24-11-9-23(10-12-24)29-28-31(36)37-20-38-32(28)43(41-29)25-7-5-6-8-25/h9-12,17-18,20,22,25H,5-8,13-16,19H2,1-4H3,(H,39,40)(H2,36,37,38). The molecule has 4 heterocycles. The number of amides is 1. The van der Waals surface area contributed by atoms with Gasteiger partial charge in [0.15, 0.2) is 17.0 Å². The Kier molecular flexibility index (Phi) is 8.11. The number of piperidine rings is 1. The van der Waals surface area contributed by atoms with Gasteiger partial charge in [-0.15, -0.1) is 0 Å². The van der Waals surface area contributed by atoms with Crippen molar-refractivity contribution in [3.8, 4) is 17.0 Å². The molecule has 0 unspecified atom stereocenters. The third-order valence-corrected chi connectivity index (χ3v) is 8.94. The highest BCUT2D eigenvalue weighted by Gasteiger charge is 2.28. The SMILES string of the molecule is Cc1cc(OCC2CCN(C(=O)OC(C)(C)C)CC2)c2oc(Nc3ccc(-c4nn(C5CCCC5)c5ncnc(N)c45)cc3)nc2c1. The summed E-state index contributed by atoms with van der Waals surface area (Å²) in [5.74, 6) is 1.42. The fourth-order valence-electron chi connectivity index (χ4n) is 6.55. The Hall–Kier alpha value is -4.87. The fourth-order valence-corrected chi connectivity index (χ4v) is 6.55. The molecule has 7 rings (SSSR count). The summed E-state index contributed by atoms with van der Waals surface area (Å²) in [6, 6.07) is 12.6. The van der Waals surface area contributed by atoms with Crippen molar-refractivity contribution in [3.63, 3.8) is 0 Å². The number of nitrogens with one attached hydrogen (secondary N) is 1. The first kappa shape index (κ1) is 30.8. The van der Waals surface area contributed by atoms with E-state index in [2.05, 4.69) is 15.3 Å². The number of aryl methyl sites for hydroxylation is 1. The minimum atomic E-state index is -0.499. The maximum Gasteiger partial charge on any atom is 0.410 e. The number of anilines is 3. The lowest BCUT2D eigenvalue weighted by Crippen LogP contribution is -2.42. The van der Waals surface area contributed by atoms with E-state index in [-0.39, 0.29) is 6.09 Å². The van der Waals surface area contributed by atoms with Crippen LogP contribution in [0.15, 0.2) is 47.1 Å². The second-order valence-electron chi connectivity index (χ2n) is 13.7. The van der Waals surface area contributed by atoms with Crippen molar-refractivity contribution >= 4 is 45.7 Å². The van der Waals surface area contributed by atoms with Crippen molar-refractivity contribution in [1.82, 2.24) is 29.6 Å². The van der Waals surface area contributed by atoms with Crippen LogP contribution < -0.4 is 15.8 Å². The van der Waals surface area contributed by atoms with Gasteiger partial charge in [-0.25, -0.2) is 19.4 Å². The van der Waals surface area contributed by atoms with Crippen LogP contribution >= 0.6 is 0 Å². The Morgan fingerprint density at radius 3 is 2.53 bits per heavy atom. The molecule has 1 saturated carbocycles. The molecular weight excluding hydrogens is 596 g/mol. The Balaban J connectivity index is 1.03. The van der Waals surface area contributed by atoms with Crippen molar-refractivity contribution in [2.45, 2.75) is 77.9 Å². The number of carbonyl (C=O) groups excluding carboxylic acids is 1. The number of nitrogens with zero attached hydrogens (tertiary/aromatic N) is 6. The van der Waals surface area contributed by atoms with Crippen molar-refractivity contribution in [1.29, 1.82) is 0 Å². The molecule has 12 nitrogen and oxygen atoms in total. The van der Waals surface area contributed by atoms with E-state index in [1.807, 2.05) is 68.8 Å². The molecule has 2 aliphatic rings. The Labute approximate surface area is 273 Å². The molecule has 1 aliphatic heterocycles. The van der Waals surface area contributed by atoms with E-state index in [1.165, 1.54) is 19.2 Å². The molecule has 5 aromatic rings. The molecule has 1 amide bonds. The van der Waals surface area contributed by atoms with Gasteiger partial charge in [-0.05, 0) is 89.1 Å². The number of ether oxygens (including phenoxy) is 2. The fraction of sp³-hybridized carbons (Fsp3) is 0.457. The van der Waals surface area contributed by atoms with E-state index < -0.39 is 5.60 Å². The minimum absolute atomic E-state index is 0.253. The number of carbonyl (C=O) groups is 1. The largest absolute Gasteiger partial charge is 0.489 e. The van der Waals surface area contributed by atoms with Crippen LogP contribution in [0.2, 0.25) is 0 Å². The van der Waals surface area contributed by atoms with Crippen molar-refractivity contribution in [2.75, 3.05) is 30.7 Å². The third-order valence-electron chi connectivity index (χ3n) is 8.94. The van der Waals surface area contributed by atoms with Crippen LogP contribution in [0.25, 0.3) is 33.4 Å². The predicted octanol–water partition coefficient (Wildman–Crippen LogP) is 7.41. The van der Waals surface area contributed by atoms with E-state index >= 15 is 0 Å². The molecule has 2 aromatic carbocycles. The monoisotopic (exact) mass is 638 g/mol. The lowest BCUT2D eigenvalue weighted by molar-refractivity contribution is 0.0165. The van der Waals surface area contributed by atoms with E-state index in [4.69, 9.17) is 29.7 Å². The van der Waals surface area contributed by atoms with Crippen LogP contribution in [-0.2, 0) is 4.74 Å². The molecule has 47 heavy (non-hydrogen) atoms. The molecule has 3 aromatic heterocycles. The maximum atomic E-state index is 12.4. The first-order valence-electron chi connectivity index (χ1n) is 16.5. The zero-order valence-corrected chi connectivity index (χ0v) is 27.5. The lowest BCUT2D eigenvalue weighted by Gasteiger charge is -2.33. The average Bonchev–Trinajstić information content (AvgIpc) is 3.79. The van der Waals surface area contributed by atoms with Gasteiger partial charge in [0.05, 0.1) is 18.0 Å². The van der Waals surface area contributed by atoms with Crippen LogP contribution in [0.1, 0.15) is 70.9 Å². The first-order chi connectivity index (χ1) is 22.6. The molecule has 0 atom stereocenters. The molecule has 2 fully saturated rings. The van der Waals surface area contributed by atoms with Crippen molar-refractivity contribution < 1.29 is 18.7 Å². The van der Waals surface area contributed by atoms with Gasteiger partial charge >= 0.3 is 6.09 Å². The number of fused-ring (bicyclic) bond motifs is 2. The number of oxazole rings is 1. The molecule has 246 valence electrons. The van der Waals surface area contributed by atoms with Gasteiger partial charge in [0.2, 0.25) is 0 Å². The molecular formula is C35H42N8O4. The van der Waals surface area contributed by atoms with Gasteiger partial charge in [0.25, 0.3) is 6.01 Å². The molecule has 0 bridgehead atoms. The van der Waals surface area contributed by atoms with Gasteiger partial charge < -0.3 is 29.8 Å². The van der Waals surface area contributed by atoms with Crippen molar-refractivity contribution in [2.24, 2.45) is 5.92 Å². The third kappa shape index (κ3) is 6.54. The smallest absolute Gasteiger partial charge is 0.410 e. The van der Waals surface area contributed by atoms with Gasteiger partial charge in [0.1, 0.15) is 29.0 Å². The highest BCUT2D eigenvalue weighted by Crippen LogP contribution is 2.37. The number of rotatable bonds is 7. The molecule has 1 saturated heterocycles. The average molecular weight is 639 g/mol. The number of benzene rings is 2. The van der Waals surface area contributed by atoms with Crippen LogP contribution in [-0.4, -0.2) is 61.0 Å². The molecule has 1 aliphatic carbocycles. The van der Waals surface area contributed by atoms with Gasteiger partial charge in [-0.1, -0.05) is 25.0 Å². The second-order valence-corrected chi connectivity index (χ2v) is 13.7. The second kappa shape index (κ2) is 12.4. The molecule has 12 heteroatoms. The minimum Gasteiger partial charge on any atom is -0.489 e.